The van der Waals surface area contributed by atoms with Gasteiger partial charge < -0.3 is 0 Å². The SMILES string of the molecule is O=C1C=C[C@@H]2C(=O)C=C[C@H]12. The van der Waals surface area contributed by atoms with Gasteiger partial charge in [-0.25, -0.2) is 0 Å². The first-order valence-electron chi connectivity index (χ1n) is 3.23. The molecule has 0 heterocycles. The number of ketones is 2. The smallest absolute Gasteiger partial charge is 0.163 e. The van der Waals surface area contributed by atoms with Crippen LogP contribution in [0.4, 0.5) is 0 Å². The van der Waals surface area contributed by atoms with E-state index in [1.807, 2.05) is 0 Å². The van der Waals surface area contributed by atoms with E-state index in [2.05, 4.69) is 0 Å². The summed E-state index contributed by atoms with van der Waals surface area (Å²) < 4.78 is 0. The Bertz CT molecular complexity index is 232. The molecular formula is C8H6O2. The van der Waals surface area contributed by atoms with Crippen LogP contribution in [0.5, 0.6) is 0 Å². The highest BCUT2D eigenvalue weighted by Crippen LogP contribution is 2.29. The summed E-state index contributed by atoms with van der Waals surface area (Å²) in [7, 11) is 0. The van der Waals surface area contributed by atoms with Crippen LogP contribution in [0.15, 0.2) is 24.3 Å². The summed E-state index contributed by atoms with van der Waals surface area (Å²) in [5, 5.41) is 0. The van der Waals surface area contributed by atoms with Crippen molar-refractivity contribution >= 4 is 11.6 Å². The van der Waals surface area contributed by atoms with Gasteiger partial charge in [0.1, 0.15) is 0 Å². The molecule has 0 aliphatic heterocycles. The second-order valence-electron chi connectivity index (χ2n) is 2.57. The molecule has 2 aliphatic carbocycles. The number of carbonyl (C=O) groups excluding carboxylic acids is 2. The van der Waals surface area contributed by atoms with Gasteiger partial charge in [-0.15, -0.1) is 0 Å². The molecule has 0 N–H and O–H groups in total. The van der Waals surface area contributed by atoms with Crippen molar-refractivity contribution in [1.29, 1.82) is 0 Å². The van der Waals surface area contributed by atoms with Crippen molar-refractivity contribution in [3.05, 3.63) is 24.3 Å². The van der Waals surface area contributed by atoms with Crippen LogP contribution in [0.2, 0.25) is 0 Å². The lowest BCUT2D eigenvalue weighted by atomic mass is 9.98. The Labute approximate surface area is 58.2 Å². The molecule has 0 radical (unpaired) electrons. The summed E-state index contributed by atoms with van der Waals surface area (Å²) in [6.45, 7) is 0. The molecule has 2 heteroatoms. The van der Waals surface area contributed by atoms with Crippen molar-refractivity contribution < 1.29 is 9.59 Å². The number of fused-ring (bicyclic) bond motifs is 1. The Kier molecular flexibility index (Phi) is 0.926. The number of hydrogen-bond acceptors (Lipinski definition) is 2. The lowest BCUT2D eigenvalue weighted by molar-refractivity contribution is -0.121. The third-order valence-corrected chi connectivity index (χ3v) is 1.98. The van der Waals surface area contributed by atoms with E-state index in [0.717, 1.165) is 0 Å². The number of hydrogen-bond donors (Lipinski definition) is 0. The Morgan fingerprint density at radius 3 is 1.70 bits per heavy atom. The molecule has 0 aromatic carbocycles. The van der Waals surface area contributed by atoms with Gasteiger partial charge in [0, 0.05) is 0 Å². The normalized spacial score (nSPS) is 35.6. The van der Waals surface area contributed by atoms with Gasteiger partial charge in [-0.05, 0) is 12.2 Å². The molecule has 0 aromatic heterocycles. The molecule has 0 unspecified atom stereocenters. The summed E-state index contributed by atoms with van der Waals surface area (Å²) >= 11 is 0. The highest BCUT2D eigenvalue weighted by molar-refractivity contribution is 6.08. The number of carbonyl (C=O) groups is 2. The van der Waals surface area contributed by atoms with E-state index in [0.29, 0.717) is 0 Å². The first kappa shape index (κ1) is 5.59. The van der Waals surface area contributed by atoms with Crippen molar-refractivity contribution in [3.63, 3.8) is 0 Å². The summed E-state index contributed by atoms with van der Waals surface area (Å²) in [5.74, 6) is -0.195. The number of allylic oxidation sites excluding steroid dienone is 4. The fourth-order valence-corrected chi connectivity index (χ4v) is 1.40. The zero-order chi connectivity index (χ0) is 7.14. The molecule has 0 saturated heterocycles. The molecule has 10 heavy (non-hydrogen) atoms. The minimum absolute atomic E-state index is 0.0621. The van der Waals surface area contributed by atoms with Crippen molar-refractivity contribution in [2.24, 2.45) is 11.8 Å². The van der Waals surface area contributed by atoms with Gasteiger partial charge in [0.05, 0.1) is 11.8 Å². The summed E-state index contributed by atoms with van der Waals surface area (Å²) in [4.78, 5) is 21.8. The first-order chi connectivity index (χ1) is 4.79. The molecule has 2 rings (SSSR count). The van der Waals surface area contributed by atoms with Gasteiger partial charge in [-0.3, -0.25) is 9.59 Å². The topological polar surface area (TPSA) is 34.1 Å². The maximum atomic E-state index is 10.9. The van der Waals surface area contributed by atoms with Crippen LogP contribution in [0.3, 0.4) is 0 Å². The molecule has 0 aromatic rings. The van der Waals surface area contributed by atoms with Gasteiger partial charge in [0.2, 0.25) is 0 Å². The van der Waals surface area contributed by atoms with E-state index in [4.69, 9.17) is 0 Å². The highest BCUT2D eigenvalue weighted by Gasteiger charge is 2.35. The Balaban J connectivity index is 2.39. The van der Waals surface area contributed by atoms with Crippen molar-refractivity contribution in [1.82, 2.24) is 0 Å². The van der Waals surface area contributed by atoms with Crippen LogP contribution >= 0.6 is 0 Å². The number of rotatable bonds is 0. The van der Waals surface area contributed by atoms with E-state index < -0.39 is 0 Å². The predicted octanol–water partition coefficient (Wildman–Crippen LogP) is 0.497. The molecule has 50 valence electrons. The van der Waals surface area contributed by atoms with Gasteiger partial charge in [-0.2, -0.15) is 0 Å². The lowest BCUT2D eigenvalue weighted by Gasteiger charge is -2.01. The summed E-state index contributed by atoms with van der Waals surface area (Å²) in [6.07, 6.45) is 6.37. The fraction of sp³-hybridized carbons (Fsp3) is 0.250. The second-order valence-corrected chi connectivity index (χ2v) is 2.57. The molecule has 0 spiro atoms. The quantitative estimate of drug-likeness (QED) is 0.483. The van der Waals surface area contributed by atoms with Gasteiger partial charge in [0.25, 0.3) is 0 Å². The van der Waals surface area contributed by atoms with Crippen LogP contribution < -0.4 is 0 Å². The van der Waals surface area contributed by atoms with Gasteiger partial charge in [-0.1, -0.05) is 12.2 Å². The van der Waals surface area contributed by atoms with E-state index in [1.54, 1.807) is 12.2 Å². The summed E-state index contributed by atoms with van der Waals surface area (Å²) in [5.41, 5.74) is 0. The molecule has 2 aliphatic rings. The molecule has 0 saturated carbocycles. The monoisotopic (exact) mass is 134 g/mol. The van der Waals surface area contributed by atoms with Crippen LogP contribution in [-0.4, -0.2) is 11.6 Å². The molecule has 0 fully saturated rings. The summed E-state index contributed by atoms with van der Waals surface area (Å²) in [6, 6.07) is 0. The average molecular weight is 134 g/mol. The first-order valence-corrected chi connectivity index (χ1v) is 3.23. The van der Waals surface area contributed by atoms with E-state index in [1.165, 1.54) is 12.2 Å². The second kappa shape index (κ2) is 1.66. The van der Waals surface area contributed by atoms with Crippen LogP contribution in [0.1, 0.15) is 0 Å². The van der Waals surface area contributed by atoms with Gasteiger partial charge >= 0.3 is 0 Å². The van der Waals surface area contributed by atoms with E-state index in [9.17, 15) is 9.59 Å². The highest BCUT2D eigenvalue weighted by atomic mass is 16.1. The minimum atomic E-state index is -0.160. The fourth-order valence-electron chi connectivity index (χ4n) is 1.40. The lowest BCUT2D eigenvalue weighted by Crippen LogP contribution is -2.13. The standard InChI is InChI=1S/C8H6O2/c9-7-3-1-5-6(7)2-4-8(5)10/h1-6H/t5-,6-/m0/s1. The third-order valence-electron chi connectivity index (χ3n) is 1.98. The molecule has 2 nitrogen and oxygen atoms in total. The maximum absolute atomic E-state index is 10.9. The average Bonchev–Trinajstić information content (AvgIpc) is 2.41. The Hall–Kier alpha value is -1.18. The van der Waals surface area contributed by atoms with Crippen molar-refractivity contribution in [2.45, 2.75) is 0 Å². The zero-order valence-corrected chi connectivity index (χ0v) is 5.28. The predicted molar refractivity (Wildman–Crippen MR) is 35.3 cm³/mol. The minimum Gasteiger partial charge on any atom is -0.294 e. The van der Waals surface area contributed by atoms with E-state index in [-0.39, 0.29) is 23.4 Å². The molecule has 2 atom stereocenters. The molecular weight excluding hydrogens is 128 g/mol. The van der Waals surface area contributed by atoms with Crippen LogP contribution in [0.25, 0.3) is 0 Å². The van der Waals surface area contributed by atoms with Crippen molar-refractivity contribution in [3.8, 4) is 0 Å². The van der Waals surface area contributed by atoms with Crippen LogP contribution in [0, 0.1) is 11.8 Å². The third kappa shape index (κ3) is 0.533. The van der Waals surface area contributed by atoms with E-state index >= 15 is 0 Å². The van der Waals surface area contributed by atoms with Crippen molar-refractivity contribution in [2.75, 3.05) is 0 Å². The maximum Gasteiger partial charge on any atom is 0.163 e. The Morgan fingerprint density at radius 1 is 0.900 bits per heavy atom. The zero-order valence-electron chi connectivity index (χ0n) is 5.28. The van der Waals surface area contributed by atoms with Crippen LogP contribution in [-0.2, 0) is 9.59 Å². The molecule has 0 amide bonds. The van der Waals surface area contributed by atoms with Gasteiger partial charge in [0.15, 0.2) is 11.6 Å². The Morgan fingerprint density at radius 2 is 1.30 bits per heavy atom. The largest absolute Gasteiger partial charge is 0.294 e. The molecule has 0 bridgehead atoms.